The summed E-state index contributed by atoms with van der Waals surface area (Å²) in [6, 6.07) is 4.32. The molecule has 1 fully saturated rings. The molecule has 0 heterocycles. The molecule has 2 rings (SSSR count). The van der Waals surface area contributed by atoms with Gasteiger partial charge in [-0.3, -0.25) is 0 Å². The van der Waals surface area contributed by atoms with Crippen molar-refractivity contribution in [2.45, 2.75) is 31.5 Å². The van der Waals surface area contributed by atoms with Gasteiger partial charge in [0.2, 0.25) is 0 Å². The van der Waals surface area contributed by atoms with Crippen molar-refractivity contribution in [1.82, 2.24) is 0 Å². The van der Waals surface area contributed by atoms with E-state index in [1.165, 1.54) is 12.1 Å². The van der Waals surface area contributed by atoms with E-state index in [1.54, 1.807) is 7.11 Å². The third-order valence-corrected chi connectivity index (χ3v) is 2.99. The van der Waals surface area contributed by atoms with Crippen LogP contribution < -0.4 is 10.1 Å². The van der Waals surface area contributed by atoms with E-state index in [9.17, 15) is 13.2 Å². The second-order valence-electron chi connectivity index (χ2n) is 4.82. The largest absolute Gasteiger partial charge is 0.493 e. The van der Waals surface area contributed by atoms with Gasteiger partial charge in [0, 0.05) is 37.9 Å². The molecule has 0 unspecified atom stereocenters. The summed E-state index contributed by atoms with van der Waals surface area (Å²) in [5, 5.41) is 3.16. The molecule has 0 saturated heterocycles. The van der Waals surface area contributed by atoms with Gasteiger partial charge in [0.05, 0.1) is 12.2 Å². The van der Waals surface area contributed by atoms with Crippen LogP contribution in [-0.4, -0.2) is 26.4 Å². The van der Waals surface area contributed by atoms with Crippen LogP contribution in [0.3, 0.4) is 0 Å². The van der Waals surface area contributed by atoms with Gasteiger partial charge in [-0.1, -0.05) is 0 Å². The molecule has 0 aromatic heterocycles. The molecule has 1 saturated carbocycles. The average Bonchev–Trinajstić information content (AvgIpc) is 3.17. The van der Waals surface area contributed by atoms with Crippen LogP contribution in [0.25, 0.3) is 0 Å². The molecule has 3 nitrogen and oxygen atoms in total. The predicted octanol–water partition coefficient (Wildman–Crippen LogP) is 3.70. The number of rotatable bonds is 7. The highest BCUT2D eigenvalue weighted by Crippen LogP contribution is 2.38. The number of methoxy groups -OCH3 is 1. The fourth-order valence-electron chi connectivity index (χ4n) is 1.81. The Hall–Kier alpha value is -1.43. The van der Waals surface area contributed by atoms with Gasteiger partial charge in [0.1, 0.15) is 5.75 Å². The van der Waals surface area contributed by atoms with Crippen molar-refractivity contribution >= 4 is 5.69 Å². The summed E-state index contributed by atoms with van der Waals surface area (Å²) in [4.78, 5) is 0. The van der Waals surface area contributed by atoms with E-state index >= 15 is 0 Å². The number of alkyl halides is 3. The minimum absolute atomic E-state index is 0.126. The van der Waals surface area contributed by atoms with Crippen LogP contribution in [0.2, 0.25) is 0 Å². The van der Waals surface area contributed by atoms with Gasteiger partial charge in [0.25, 0.3) is 0 Å². The van der Waals surface area contributed by atoms with Crippen molar-refractivity contribution in [3.05, 3.63) is 23.8 Å². The molecule has 0 atom stereocenters. The third-order valence-electron chi connectivity index (χ3n) is 2.99. The van der Waals surface area contributed by atoms with Gasteiger partial charge < -0.3 is 14.8 Å². The first kappa shape index (κ1) is 15.0. The molecule has 1 aliphatic rings. The maximum atomic E-state index is 12.9. The Balaban J connectivity index is 2.09. The smallest absolute Gasteiger partial charge is 0.419 e. The maximum absolute atomic E-state index is 12.9. The minimum atomic E-state index is -4.41. The number of anilines is 1. The highest BCUT2D eigenvalue weighted by molar-refractivity contribution is 5.53. The van der Waals surface area contributed by atoms with Crippen LogP contribution >= 0.6 is 0 Å². The topological polar surface area (TPSA) is 30.5 Å². The molecule has 0 radical (unpaired) electrons. The number of hydrogen-bond acceptors (Lipinski definition) is 3. The zero-order valence-electron chi connectivity index (χ0n) is 11.3. The van der Waals surface area contributed by atoms with E-state index in [-0.39, 0.29) is 12.4 Å². The fourth-order valence-corrected chi connectivity index (χ4v) is 1.81. The normalized spacial score (nSPS) is 15.2. The molecule has 0 bridgehead atoms. The summed E-state index contributed by atoms with van der Waals surface area (Å²) in [6.45, 7) is 0.658. The van der Waals surface area contributed by atoms with Crippen LogP contribution in [0, 0.1) is 0 Å². The van der Waals surface area contributed by atoms with Crippen molar-refractivity contribution in [2.24, 2.45) is 0 Å². The van der Waals surface area contributed by atoms with Gasteiger partial charge in [-0.15, -0.1) is 0 Å². The van der Waals surface area contributed by atoms with Crippen molar-refractivity contribution in [2.75, 3.05) is 25.6 Å². The van der Waals surface area contributed by atoms with Gasteiger partial charge in [0.15, 0.2) is 0 Å². The first-order valence-corrected chi connectivity index (χ1v) is 6.60. The predicted molar refractivity (Wildman–Crippen MR) is 70.1 cm³/mol. The molecule has 0 amide bonds. The van der Waals surface area contributed by atoms with Crippen LogP contribution in [-0.2, 0) is 10.9 Å². The molecule has 112 valence electrons. The molecule has 1 aliphatic carbocycles. The van der Waals surface area contributed by atoms with Crippen molar-refractivity contribution in [3.8, 4) is 5.75 Å². The highest BCUT2D eigenvalue weighted by Gasteiger charge is 2.34. The van der Waals surface area contributed by atoms with Crippen LogP contribution in [0.5, 0.6) is 5.75 Å². The van der Waals surface area contributed by atoms with Crippen molar-refractivity contribution in [1.29, 1.82) is 0 Å². The second kappa shape index (κ2) is 6.35. The zero-order valence-corrected chi connectivity index (χ0v) is 11.3. The van der Waals surface area contributed by atoms with E-state index in [0.717, 1.165) is 18.9 Å². The number of halogens is 3. The Kier molecular flexibility index (Phi) is 4.75. The number of nitrogens with one attached hydrogen (secondary N) is 1. The first-order valence-electron chi connectivity index (χ1n) is 6.60. The Morgan fingerprint density at radius 1 is 1.25 bits per heavy atom. The van der Waals surface area contributed by atoms with Crippen molar-refractivity contribution in [3.63, 3.8) is 0 Å². The number of hydrogen-bond donors (Lipinski definition) is 1. The standard InChI is InChI=1S/C14H18F3NO2/c1-19-7-2-8-20-13-9-11(18-10-3-4-10)5-6-12(13)14(15,16)17/h5-6,9-10,18H,2-4,7-8H2,1H3. The van der Waals surface area contributed by atoms with E-state index < -0.39 is 11.7 Å². The molecule has 0 spiro atoms. The second-order valence-corrected chi connectivity index (χ2v) is 4.82. The average molecular weight is 289 g/mol. The summed E-state index contributed by atoms with van der Waals surface area (Å²) < 4.78 is 48.8. The molecule has 1 N–H and O–H groups in total. The fraction of sp³-hybridized carbons (Fsp3) is 0.571. The molecule has 1 aromatic carbocycles. The van der Waals surface area contributed by atoms with E-state index in [0.29, 0.717) is 24.8 Å². The molecule has 20 heavy (non-hydrogen) atoms. The summed E-state index contributed by atoms with van der Waals surface area (Å²) in [5.41, 5.74) is -0.0708. The molecule has 6 heteroatoms. The maximum Gasteiger partial charge on any atom is 0.419 e. The first-order chi connectivity index (χ1) is 9.50. The lowest BCUT2D eigenvalue weighted by molar-refractivity contribution is -0.138. The van der Waals surface area contributed by atoms with Gasteiger partial charge >= 0.3 is 6.18 Å². The van der Waals surface area contributed by atoms with E-state index in [1.807, 2.05) is 0 Å². The monoisotopic (exact) mass is 289 g/mol. The highest BCUT2D eigenvalue weighted by atomic mass is 19.4. The van der Waals surface area contributed by atoms with E-state index in [2.05, 4.69) is 5.32 Å². The summed E-state index contributed by atoms with van der Waals surface area (Å²) in [6.07, 6.45) is -1.74. The lowest BCUT2D eigenvalue weighted by Crippen LogP contribution is -2.11. The lowest BCUT2D eigenvalue weighted by Gasteiger charge is -2.16. The Morgan fingerprint density at radius 2 is 2.00 bits per heavy atom. The number of ether oxygens (including phenoxy) is 2. The van der Waals surface area contributed by atoms with Gasteiger partial charge in [-0.2, -0.15) is 13.2 Å². The molecule has 1 aromatic rings. The molecule has 0 aliphatic heterocycles. The molecular weight excluding hydrogens is 271 g/mol. The minimum Gasteiger partial charge on any atom is -0.493 e. The lowest BCUT2D eigenvalue weighted by atomic mass is 10.1. The number of benzene rings is 1. The van der Waals surface area contributed by atoms with Crippen LogP contribution in [0.1, 0.15) is 24.8 Å². The third kappa shape index (κ3) is 4.30. The van der Waals surface area contributed by atoms with E-state index in [4.69, 9.17) is 9.47 Å². The summed E-state index contributed by atoms with van der Waals surface area (Å²) >= 11 is 0. The zero-order chi connectivity index (χ0) is 14.6. The van der Waals surface area contributed by atoms with Crippen molar-refractivity contribution < 1.29 is 22.6 Å². The van der Waals surface area contributed by atoms with Crippen LogP contribution in [0.15, 0.2) is 18.2 Å². The van der Waals surface area contributed by atoms with Crippen LogP contribution in [0.4, 0.5) is 18.9 Å². The summed E-state index contributed by atoms with van der Waals surface area (Å²) in [5.74, 6) is -0.126. The Morgan fingerprint density at radius 3 is 2.60 bits per heavy atom. The summed E-state index contributed by atoms with van der Waals surface area (Å²) in [7, 11) is 1.54. The Labute approximate surface area is 116 Å². The Bertz CT molecular complexity index is 445. The van der Waals surface area contributed by atoms with Gasteiger partial charge in [-0.05, 0) is 25.0 Å². The molecular formula is C14H18F3NO2. The SMILES string of the molecule is COCCCOc1cc(NC2CC2)ccc1C(F)(F)F. The van der Waals surface area contributed by atoms with Gasteiger partial charge in [-0.25, -0.2) is 0 Å². The quantitative estimate of drug-likeness (QED) is 0.776.